The predicted molar refractivity (Wildman–Crippen MR) is 43.8 cm³/mol. The van der Waals surface area contributed by atoms with Crippen LogP contribution in [0.4, 0.5) is 0 Å². The maximum atomic E-state index is 6.83. The third-order valence-electron chi connectivity index (χ3n) is 1.31. The molecule has 0 bridgehead atoms. The molecule has 0 N–H and O–H groups in total. The summed E-state index contributed by atoms with van der Waals surface area (Å²) in [5, 5.41) is 0. The second-order valence-corrected chi connectivity index (χ2v) is 2.08. The molecule has 11 heavy (non-hydrogen) atoms. The monoisotopic (exact) mass is 145 g/mol. The van der Waals surface area contributed by atoms with Crippen molar-refractivity contribution in [2.24, 2.45) is 0 Å². The van der Waals surface area contributed by atoms with Gasteiger partial charge in [0.05, 0.1) is 6.61 Å². The Bertz CT molecular complexity index is 253. The summed E-state index contributed by atoms with van der Waals surface area (Å²) in [6, 6.07) is 7.27. The Morgan fingerprint density at radius 3 is 2.45 bits per heavy atom. The van der Waals surface area contributed by atoms with E-state index in [4.69, 9.17) is 11.2 Å². The summed E-state index contributed by atoms with van der Waals surface area (Å²) >= 11 is 0. The van der Waals surface area contributed by atoms with Gasteiger partial charge in [-0.05, 0) is 37.6 Å². The van der Waals surface area contributed by atoms with E-state index in [1.54, 1.807) is 12.1 Å². The molecular formula is C10H9O. The van der Waals surface area contributed by atoms with Crippen molar-refractivity contribution in [2.45, 2.75) is 6.92 Å². The molecule has 0 saturated carbocycles. The molecule has 0 aliphatic carbocycles. The molecule has 0 heterocycles. The Labute approximate surface area is 67.0 Å². The van der Waals surface area contributed by atoms with E-state index in [9.17, 15) is 0 Å². The fraction of sp³-hybridized carbons (Fsp3) is 0.200. The number of ether oxygens (including phenoxy) is 1. The lowest BCUT2D eigenvalue weighted by Gasteiger charge is -2.00. The molecule has 0 amide bonds. The molecule has 0 saturated heterocycles. The fourth-order valence-corrected chi connectivity index (χ4v) is 0.801. The molecule has 55 valence electrons. The highest BCUT2D eigenvalue weighted by atomic mass is 16.5. The number of benzene rings is 1. The van der Waals surface area contributed by atoms with Crippen LogP contribution in [0.25, 0.3) is 0 Å². The number of hydrogen-bond donors (Lipinski definition) is 0. The maximum Gasteiger partial charge on any atom is 0.119 e. The van der Waals surface area contributed by atoms with E-state index in [0.717, 1.165) is 11.3 Å². The first-order valence-electron chi connectivity index (χ1n) is 3.52. The summed E-state index contributed by atoms with van der Waals surface area (Å²) in [6.07, 6.45) is 6.83. The van der Waals surface area contributed by atoms with Gasteiger partial charge in [-0.15, -0.1) is 0 Å². The van der Waals surface area contributed by atoms with Crippen LogP contribution < -0.4 is 4.74 Å². The molecule has 1 rings (SSSR count). The SMILES string of the molecule is [C]#Cc1ccc(OCC)cc1. The molecule has 0 aliphatic heterocycles. The van der Waals surface area contributed by atoms with E-state index >= 15 is 0 Å². The number of rotatable bonds is 2. The zero-order valence-corrected chi connectivity index (χ0v) is 6.42. The highest BCUT2D eigenvalue weighted by Crippen LogP contribution is 2.10. The van der Waals surface area contributed by atoms with Gasteiger partial charge in [-0.3, -0.25) is 0 Å². The van der Waals surface area contributed by atoms with Crippen LogP contribution >= 0.6 is 0 Å². The Hall–Kier alpha value is -1.42. The van der Waals surface area contributed by atoms with E-state index in [-0.39, 0.29) is 0 Å². The topological polar surface area (TPSA) is 9.23 Å². The average molecular weight is 145 g/mol. The van der Waals surface area contributed by atoms with Gasteiger partial charge < -0.3 is 4.74 Å². The minimum absolute atomic E-state index is 0.674. The highest BCUT2D eigenvalue weighted by Gasteiger charge is 1.89. The first-order chi connectivity index (χ1) is 5.36. The van der Waals surface area contributed by atoms with Crippen molar-refractivity contribution in [3.63, 3.8) is 0 Å². The van der Waals surface area contributed by atoms with E-state index in [2.05, 4.69) is 5.92 Å². The van der Waals surface area contributed by atoms with Crippen LogP contribution in [0.15, 0.2) is 24.3 Å². The smallest absolute Gasteiger partial charge is 0.119 e. The van der Waals surface area contributed by atoms with Gasteiger partial charge in [0, 0.05) is 5.56 Å². The molecule has 1 radical (unpaired) electrons. The summed E-state index contributed by atoms with van der Waals surface area (Å²) in [4.78, 5) is 0. The standard InChI is InChI=1S/C10H9O/c1-3-9-5-7-10(8-6-9)11-4-2/h5-8H,4H2,2H3. The normalized spacial score (nSPS) is 8.73. The van der Waals surface area contributed by atoms with Gasteiger partial charge in [-0.2, -0.15) is 0 Å². The average Bonchev–Trinajstić information content (AvgIpc) is 2.07. The quantitative estimate of drug-likeness (QED) is 0.578. The van der Waals surface area contributed by atoms with Crippen molar-refractivity contribution in [2.75, 3.05) is 6.61 Å². The van der Waals surface area contributed by atoms with Gasteiger partial charge in [-0.25, -0.2) is 0 Å². The van der Waals surface area contributed by atoms with Gasteiger partial charge in [-0.1, -0.05) is 5.92 Å². The largest absolute Gasteiger partial charge is 0.494 e. The van der Waals surface area contributed by atoms with Crippen molar-refractivity contribution in [3.8, 4) is 11.7 Å². The maximum absolute atomic E-state index is 6.83. The first kappa shape index (κ1) is 7.68. The minimum Gasteiger partial charge on any atom is -0.494 e. The third kappa shape index (κ3) is 2.01. The Morgan fingerprint density at radius 2 is 2.00 bits per heavy atom. The van der Waals surface area contributed by atoms with Crippen LogP contribution in [0, 0.1) is 12.3 Å². The van der Waals surface area contributed by atoms with Gasteiger partial charge in [0.1, 0.15) is 5.75 Å². The molecule has 1 aromatic carbocycles. The lowest BCUT2D eigenvalue weighted by atomic mass is 10.2. The zero-order valence-electron chi connectivity index (χ0n) is 6.42. The van der Waals surface area contributed by atoms with Crippen LogP contribution in [-0.2, 0) is 0 Å². The Morgan fingerprint density at radius 1 is 1.36 bits per heavy atom. The van der Waals surface area contributed by atoms with E-state index in [1.807, 2.05) is 19.1 Å². The molecule has 1 heteroatoms. The number of hydrogen-bond acceptors (Lipinski definition) is 1. The van der Waals surface area contributed by atoms with Crippen LogP contribution in [-0.4, -0.2) is 6.61 Å². The summed E-state index contributed by atoms with van der Waals surface area (Å²) < 4.78 is 5.22. The van der Waals surface area contributed by atoms with E-state index in [1.165, 1.54) is 0 Å². The second kappa shape index (κ2) is 3.68. The predicted octanol–water partition coefficient (Wildman–Crippen LogP) is 2.02. The molecule has 0 aromatic heterocycles. The van der Waals surface area contributed by atoms with Gasteiger partial charge in [0.25, 0.3) is 0 Å². The third-order valence-corrected chi connectivity index (χ3v) is 1.31. The van der Waals surface area contributed by atoms with Crippen molar-refractivity contribution < 1.29 is 4.74 Å². The minimum atomic E-state index is 0.674. The molecule has 1 nitrogen and oxygen atoms in total. The lowest BCUT2D eigenvalue weighted by Crippen LogP contribution is -1.90. The molecule has 0 fully saturated rings. The van der Waals surface area contributed by atoms with Crippen molar-refractivity contribution in [1.29, 1.82) is 0 Å². The first-order valence-corrected chi connectivity index (χ1v) is 3.52. The van der Waals surface area contributed by atoms with Crippen LogP contribution in [0.2, 0.25) is 0 Å². The van der Waals surface area contributed by atoms with Crippen molar-refractivity contribution >= 4 is 0 Å². The van der Waals surface area contributed by atoms with Crippen molar-refractivity contribution in [1.82, 2.24) is 0 Å². The van der Waals surface area contributed by atoms with Crippen LogP contribution in [0.3, 0.4) is 0 Å². The summed E-state index contributed by atoms with van der Waals surface area (Å²) in [6.45, 7) is 2.62. The zero-order chi connectivity index (χ0) is 8.10. The second-order valence-electron chi connectivity index (χ2n) is 2.08. The fourth-order valence-electron chi connectivity index (χ4n) is 0.801. The highest BCUT2D eigenvalue weighted by molar-refractivity contribution is 5.35. The Balaban J connectivity index is 2.76. The Kier molecular flexibility index (Phi) is 2.57. The summed E-state index contributed by atoms with van der Waals surface area (Å²) in [7, 11) is 0. The molecule has 0 spiro atoms. The molecule has 1 aromatic rings. The van der Waals surface area contributed by atoms with E-state index in [0.29, 0.717) is 6.61 Å². The molecular weight excluding hydrogens is 136 g/mol. The summed E-state index contributed by atoms with van der Waals surface area (Å²) in [5.74, 6) is 3.13. The van der Waals surface area contributed by atoms with Gasteiger partial charge >= 0.3 is 0 Å². The lowest BCUT2D eigenvalue weighted by molar-refractivity contribution is 0.340. The molecule has 0 aliphatic rings. The van der Waals surface area contributed by atoms with Gasteiger partial charge in [0.2, 0.25) is 0 Å². The van der Waals surface area contributed by atoms with Crippen molar-refractivity contribution in [3.05, 3.63) is 36.3 Å². The van der Waals surface area contributed by atoms with Crippen LogP contribution in [0.1, 0.15) is 12.5 Å². The van der Waals surface area contributed by atoms with Gasteiger partial charge in [0.15, 0.2) is 0 Å². The van der Waals surface area contributed by atoms with Crippen LogP contribution in [0.5, 0.6) is 5.75 Å². The molecule has 0 atom stereocenters. The summed E-state index contributed by atoms with van der Waals surface area (Å²) in [5.41, 5.74) is 0.772. The molecule has 0 unspecified atom stereocenters. The van der Waals surface area contributed by atoms with E-state index < -0.39 is 0 Å².